The summed E-state index contributed by atoms with van der Waals surface area (Å²) < 4.78 is 23.1. The van der Waals surface area contributed by atoms with E-state index in [1.54, 1.807) is 73.7 Å². The first-order chi connectivity index (χ1) is 23.8. The molecule has 6 aromatic rings. The van der Waals surface area contributed by atoms with Crippen molar-refractivity contribution in [1.82, 2.24) is 4.57 Å². The van der Waals surface area contributed by atoms with E-state index in [0.717, 1.165) is 10.8 Å². The van der Waals surface area contributed by atoms with Crippen molar-refractivity contribution < 1.29 is 33.0 Å². The van der Waals surface area contributed by atoms with Crippen molar-refractivity contribution in [3.63, 3.8) is 0 Å². The summed E-state index contributed by atoms with van der Waals surface area (Å²) in [7, 11) is 1.27. The van der Waals surface area contributed by atoms with Gasteiger partial charge >= 0.3 is 17.9 Å². The molecule has 0 fully saturated rings. The molecule has 0 radical (unpaired) electrons. The number of ether oxygens (including phenoxy) is 3. The second-order valence-corrected chi connectivity index (χ2v) is 12.0. The minimum atomic E-state index is -0.850. The molecule has 0 amide bonds. The molecule has 0 saturated heterocycles. The van der Waals surface area contributed by atoms with Crippen LogP contribution in [0.1, 0.15) is 45.0 Å². The molecule has 0 aliphatic carbocycles. The van der Waals surface area contributed by atoms with Gasteiger partial charge in [0.2, 0.25) is 5.76 Å². The molecule has 0 spiro atoms. The van der Waals surface area contributed by atoms with Crippen LogP contribution in [0.25, 0.3) is 16.8 Å². The zero-order chi connectivity index (χ0) is 34.1. The molecule has 7 rings (SSSR count). The van der Waals surface area contributed by atoms with Crippen molar-refractivity contribution in [1.29, 1.82) is 0 Å². The summed E-state index contributed by atoms with van der Waals surface area (Å²) in [5.74, 6) is -1.09. The van der Waals surface area contributed by atoms with E-state index in [2.05, 4.69) is 4.99 Å². The van der Waals surface area contributed by atoms with E-state index in [1.807, 2.05) is 36.4 Å². The molecule has 4 aromatic carbocycles. The fraction of sp³-hybridized carbons (Fsp3) is 0.0789. The van der Waals surface area contributed by atoms with Crippen LogP contribution >= 0.6 is 11.3 Å². The lowest BCUT2D eigenvalue weighted by molar-refractivity contribution is -0.136. The quantitative estimate of drug-likeness (QED) is 0.159. The van der Waals surface area contributed by atoms with Crippen LogP contribution in [0.4, 0.5) is 0 Å². The Labute approximate surface area is 282 Å². The predicted molar refractivity (Wildman–Crippen MR) is 181 cm³/mol. The molecule has 0 bridgehead atoms. The summed E-state index contributed by atoms with van der Waals surface area (Å²) in [6.07, 6.45) is 3.09. The van der Waals surface area contributed by atoms with Gasteiger partial charge in [0.15, 0.2) is 4.80 Å². The van der Waals surface area contributed by atoms with Gasteiger partial charge in [0.05, 0.1) is 40.8 Å². The number of rotatable bonds is 7. The first kappa shape index (κ1) is 31.3. The fourth-order valence-corrected chi connectivity index (χ4v) is 6.67. The van der Waals surface area contributed by atoms with Crippen molar-refractivity contribution in [3.05, 3.63) is 163 Å². The summed E-state index contributed by atoms with van der Waals surface area (Å²) >= 11 is 1.18. The monoisotopic (exact) mass is 670 g/mol. The lowest BCUT2D eigenvalue weighted by Crippen LogP contribution is -2.39. The molecule has 0 saturated carbocycles. The van der Waals surface area contributed by atoms with E-state index >= 15 is 0 Å². The fourth-order valence-electron chi connectivity index (χ4n) is 5.63. The zero-order valence-corrected chi connectivity index (χ0v) is 26.9. The topological polar surface area (TPSA) is 126 Å². The van der Waals surface area contributed by atoms with Crippen LogP contribution in [0.15, 0.2) is 135 Å². The minimum absolute atomic E-state index is 0.0549. The summed E-state index contributed by atoms with van der Waals surface area (Å²) in [5.41, 5.74) is 2.00. The number of hydrogen-bond acceptors (Lipinski definition) is 10. The van der Waals surface area contributed by atoms with E-state index < -0.39 is 23.9 Å². The summed E-state index contributed by atoms with van der Waals surface area (Å²) in [4.78, 5) is 57.3. The van der Waals surface area contributed by atoms with E-state index in [9.17, 15) is 19.2 Å². The van der Waals surface area contributed by atoms with Crippen LogP contribution in [0.2, 0.25) is 0 Å². The van der Waals surface area contributed by atoms with Crippen LogP contribution < -0.4 is 24.4 Å². The Morgan fingerprint density at radius 1 is 0.816 bits per heavy atom. The Hall–Kier alpha value is -6.33. The van der Waals surface area contributed by atoms with Crippen molar-refractivity contribution in [2.75, 3.05) is 7.11 Å². The van der Waals surface area contributed by atoms with Crippen LogP contribution in [0, 0.1) is 0 Å². The van der Waals surface area contributed by atoms with Crippen LogP contribution in [-0.4, -0.2) is 29.6 Å². The largest absolute Gasteiger partial charge is 0.466 e. The maximum atomic E-state index is 13.9. The van der Waals surface area contributed by atoms with Gasteiger partial charge < -0.3 is 18.6 Å². The molecule has 0 unspecified atom stereocenters. The molecule has 1 aliphatic heterocycles. The Kier molecular flexibility index (Phi) is 8.33. The van der Waals surface area contributed by atoms with Gasteiger partial charge in [-0.25, -0.2) is 19.4 Å². The number of thiazole rings is 1. The number of allylic oxidation sites excluding steroid dienone is 1. The van der Waals surface area contributed by atoms with Crippen molar-refractivity contribution in [2.45, 2.75) is 13.0 Å². The summed E-state index contributed by atoms with van der Waals surface area (Å²) in [5, 5.41) is 1.74. The number of benzene rings is 4. The third-order valence-corrected chi connectivity index (χ3v) is 8.94. The van der Waals surface area contributed by atoms with Gasteiger partial charge in [-0.2, -0.15) is 0 Å². The van der Waals surface area contributed by atoms with Gasteiger partial charge in [0.1, 0.15) is 11.5 Å². The first-order valence-electron chi connectivity index (χ1n) is 15.1. The van der Waals surface area contributed by atoms with Gasteiger partial charge in [-0.1, -0.05) is 72.0 Å². The van der Waals surface area contributed by atoms with Gasteiger partial charge in [-0.15, -0.1) is 0 Å². The standard InChI is InChI=1S/C38H26N2O8S/c1-22-32(37(44)45-2)33(25-14-18-27(19-15-25)48-36(43)30-11-6-20-46-30)40-34(41)31(49-38(40)39-22)21-23-12-16-26(17-13-23)47-35(42)29-10-5-8-24-7-3-4-9-28(24)29/h3-21,33H,1-2H3/b31-21+/t33-/m0/s1. The van der Waals surface area contributed by atoms with E-state index in [-0.39, 0.29) is 22.6 Å². The van der Waals surface area contributed by atoms with Gasteiger partial charge in [0.25, 0.3) is 5.56 Å². The lowest BCUT2D eigenvalue weighted by Gasteiger charge is -2.24. The van der Waals surface area contributed by atoms with E-state index in [4.69, 9.17) is 18.6 Å². The number of esters is 3. The molecular formula is C38H26N2O8S. The molecule has 1 atom stereocenters. The van der Waals surface area contributed by atoms with Crippen LogP contribution in [0.3, 0.4) is 0 Å². The number of carbonyl (C=O) groups excluding carboxylic acids is 3. The Balaban J connectivity index is 1.18. The number of nitrogens with zero attached hydrogens (tertiary/aromatic N) is 2. The predicted octanol–water partition coefficient (Wildman–Crippen LogP) is 5.59. The number of carbonyl (C=O) groups is 3. The minimum Gasteiger partial charge on any atom is -0.466 e. The van der Waals surface area contributed by atoms with E-state index in [1.165, 1.54) is 35.3 Å². The average Bonchev–Trinajstić information content (AvgIpc) is 3.77. The molecule has 49 heavy (non-hydrogen) atoms. The lowest BCUT2D eigenvalue weighted by atomic mass is 9.96. The summed E-state index contributed by atoms with van der Waals surface area (Å²) in [6, 6.07) is 28.6. The maximum Gasteiger partial charge on any atom is 0.379 e. The highest BCUT2D eigenvalue weighted by atomic mass is 32.1. The van der Waals surface area contributed by atoms with Gasteiger partial charge in [-0.05, 0) is 77.4 Å². The average molecular weight is 671 g/mol. The third-order valence-electron chi connectivity index (χ3n) is 7.95. The normalized spacial score (nSPS) is 14.2. The second-order valence-electron chi connectivity index (χ2n) is 11.0. The maximum absolute atomic E-state index is 13.9. The van der Waals surface area contributed by atoms with Gasteiger partial charge in [-0.3, -0.25) is 9.36 Å². The molecule has 242 valence electrons. The molecule has 0 N–H and O–H groups in total. The van der Waals surface area contributed by atoms with Gasteiger partial charge in [0, 0.05) is 0 Å². The van der Waals surface area contributed by atoms with Crippen molar-refractivity contribution in [3.8, 4) is 11.5 Å². The number of methoxy groups -OCH3 is 1. The third kappa shape index (κ3) is 6.10. The Morgan fingerprint density at radius 3 is 2.22 bits per heavy atom. The zero-order valence-electron chi connectivity index (χ0n) is 26.1. The van der Waals surface area contributed by atoms with E-state index in [0.29, 0.717) is 37.5 Å². The number of furan rings is 1. The molecule has 1 aliphatic rings. The first-order valence-corrected chi connectivity index (χ1v) is 15.9. The van der Waals surface area contributed by atoms with Crippen LogP contribution in [0.5, 0.6) is 11.5 Å². The van der Waals surface area contributed by atoms with Crippen LogP contribution in [-0.2, 0) is 9.53 Å². The smallest absolute Gasteiger partial charge is 0.379 e. The molecule has 2 aromatic heterocycles. The molecule has 11 heteroatoms. The van der Waals surface area contributed by atoms with Crippen molar-refractivity contribution in [2.24, 2.45) is 4.99 Å². The molecule has 3 heterocycles. The number of fused-ring (bicyclic) bond motifs is 2. The SMILES string of the molecule is COC(=O)C1=C(C)N=c2s/c(=C/c3ccc(OC(=O)c4cccc5ccccc45)cc3)c(=O)n2[C@H]1c1ccc(OC(=O)c2ccco2)cc1. The highest BCUT2D eigenvalue weighted by Crippen LogP contribution is 2.32. The highest BCUT2D eigenvalue weighted by molar-refractivity contribution is 7.07. The molecular weight excluding hydrogens is 644 g/mol. The Bertz CT molecular complexity index is 2450. The van der Waals surface area contributed by atoms with Crippen molar-refractivity contribution >= 4 is 46.1 Å². The summed E-state index contributed by atoms with van der Waals surface area (Å²) in [6.45, 7) is 1.69. The molecule has 10 nitrogen and oxygen atoms in total. The number of hydrogen-bond donors (Lipinski definition) is 0. The second kappa shape index (κ2) is 13.1. The Morgan fingerprint density at radius 2 is 1.51 bits per heavy atom. The number of aromatic nitrogens is 1. The highest BCUT2D eigenvalue weighted by Gasteiger charge is 2.33.